The van der Waals surface area contributed by atoms with Gasteiger partial charge in [0.2, 0.25) is 0 Å². The lowest BCUT2D eigenvalue weighted by Crippen LogP contribution is -2.39. The number of esters is 1. The number of aromatic nitrogens is 6. The van der Waals surface area contributed by atoms with Gasteiger partial charge in [0.25, 0.3) is 0 Å². The van der Waals surface area contributed by atoms with Crippen molar-refractivity contribution in [1.82, 2.24) is 29.8 Å². The Bertz CT molecular complexity index is 2460. The zero-order valence-electron chi connectivity index (χ0n) is 33.7. The first-order valence-corrected chi connectivity index (χ1v) is 20.2. The van der Waals surface area contributed by atoms with Gasteiger partial charge in [-0.25, -0.2) is 19.3 Å². The van der Waals surface area contributed by atoms with E-state index in [4.69, 9.17) is 29.5 Å². The number of rotatable bonds is 15. The van der Waals surface area contributed by atoms with Crippen molar-refractivity contribution < 1.29 is 28.9 Å². The Hall–Kier alpha value is -6.92. The highest BCUT2D eigenvalue weighted by atomic mass is 16.8. The Balaban J connectivity index is 1.16. The van der Waals surface area contributed by atoms with Crippen molar-refractivity contribution in [2.45, 2.75) is 63.8 Å². The summed E-state index contributed by atoms with van der Waals surface area (Å²) in [5.41, 5.74) is 6.58. The van der Waals surface area contributed by atoms with E-state index in [-0.39, 0.29) is 18.9 Å². The van der Waals surface area contributed by atoms with Gasteiger partial charge in [-0.1, -0.05) is 153 Å². The van der Waals surface area contributed by atoms with E-state index in [0.29, 0.717) is 30.3 Å². The largest absolute Gasteiger partial charge is 0.509 e. The van der Waals surface area contributed by atoms with E-state index in [9.17, 15) is 14.7 Å². The summed E-state index contributed by atoms with van der Waals surface area (Å²) in [5, 5.41) is 24.1. The predicted octanol–water partition coefficient (Wildman–Crippen LogP) is 8.22. The Morgan fingerprint density at radius 3 is 1.95 bits per heavy atom. The van der Waals surface area contributed by atoms with Crippen LogP contribution >= 0.6 is 0 Å². The van der Waals surface area contributed by atoms with Gasteiger partial charge >= 0.3 is 12.1 Å². The van der Waals surface area contributed by atoms with Crippen LogP contribution in [0.1, 0.15) is 77.4 Å². The van der Waals surface area contributed by atoms with Gasteiger partial charge in [0.1, 0.15) is 24.1 Å². The summed E-state index contributed by atoms with van der Waals surface area (Å²) in [6, 6.07) is 47.4. The van der Waals surface area contributed by atoms with Crippen LogP contribution in [0.3, 0.4) is 0 Å². The van der Waals surface area contributed by atoms with Gasteiger partial charge in [0.15, 0.2) is 17.6 Å². The zero-order chi connectivity index (χ0) is 41.6. The molecule has 304 valence electrons. The number of cyclic esters (lactones) is 2. The van der Waals surface area contributed by atoms with Gasteiger partial charge in [0, 0.05) is 24.4 Å². The molecular weight excluding hydrogens is 757 g/mol. The summed E-state index contributed by atoms with van der Waals surface area (Å²) >= 11 is 0. The number of tetrazole rings is 1. The minimum absolute atomic E-state index is 0.138. The molecule has 0 aliphatic carbocycles. The summed E-state index contributed by atoms with van der Waals surface area (Å²) in [6.07, 6.45) is -0.655. The molecule has 3 atom stereocenters. The van der Waals surface area contributed by atoms with Crippen molar-refractivity contribution in [2.24, 2.45) is 0 Å². The topological polar surface area (TPSA) is 143 Å². The molecule has 0 amide bonds. The van der Waals surface area contributed by atoms with Crippen LogP contribution in [0.25, 0.3) is 22.5 Å². The molecule has 0 spiro atoms. The van der Waals surface area contributed by atoms with Crippen LogP contribution in [0, 0.1) is 0 Å². The first-order valence-electron chi connectivity index (χ1n) is 20.2. The molecule has 1 fully saturated rings. The summed E-state index contributed by atoms with van der Waals surface area (Å²) < 4.78 is 19.7. The van der Waals surface area contributed by atoms with Crippen LogP contribution < -0.4 is 0 Å². The van der Waals surface area contributed by atoms with Crippen molar-refractivity contribution in [3.05, 3.63) is 179 Å². The number of nitrogens with zero attached hydrogens (tertiary/aromatic N) is 6. The van der Waals surface area contributed by atoms with Gasteiger partial charge < -0.3 is 23.9 Å². The highest BCUT2D eigenvalue weighted by Crippen LogP contribution is 2.43. The first-order chi connectivity index (χ1) is 29.3. The molecular formula is C48H46N6O6. The molecule has 12 nitrogen and oxygen atoms in total. The quantitative estimate of drug-likeness (QED) is 0.0796. The van der Waals surface area contributed by atoms with E-state index >= 15 is 0 Å². The molecule has 3 unspecified atom stereocenters. The molecule has 12 heteroatoms. The lowest BCUT2D eigenvalue weighted by molar-refractivity contribution is 0.0241. The van der Waals surface area contributed by atoms with E-state index < -0.39 is 35.8 Å². The zero-order valence-corrected chi connectivity index (χ0v) is 33.7. The fraction of sp³-hybridized carbons (Fsp3) is 0.250. The number of imidazole rings is 1. The molecule has 8 rings (SSSR count). The number of carbonyl (C=O) groups is 2. The second kappa shape index (κ2) is 17.5. The van der Waals surface area contributed by atoms with E-state index in [1.165, 1.54) is 0 Å². The number of aliphatic hydroxyl groups excluding tert-OH is 1. The SMILES string of the molecule is CCCc1nc(C(=O)OCC2OC(=O)OC2C)c(C(C)CO)n1Cc1ccc(-c2ccccc2-c2nnnn2C(c2ccccc2)(c2ccccc2)c2ccccc2)cc1. The number of carbonyl (C=O) groups excluding carboxylic acids is 2. The molecule has 60 heavy (non-hydrogen) atoms. The fourth-order valence-corrected chi connectivity index (χ4v) is 8.10. The first kappa shape index (κ1) is 39.9. The van der Waals surface area contributed by atoms with Gasteiger partial charge in [-0.05, 0) is 57.2 Å². The highest BCUT2D eigenvalue weighted by molar-refractivity contribution is 5.89. The summed E-state index contributed by atoms with van der Waals surface area (Å²) in [5.74, 6) is 0.249. The molecule has 1 N–H and O–H groups in total. The standard InChI is InChI=1S/C48H46N6O6/c1-4-16-42-49-43(46(56)58-31-41-33(3)59-47(57)60-41)44(32(2)30-55)53(42)29-34-25-27-35(28-26-34)39-23-14-15-24-40(39)45-50-51-52-54(45)48(36-17-8-5-9-18-36,37-19-10-6-11-20-37)38-21-12-7-13-22-38/h5-15,17-28,32-33,41,55H,4,16,29-31H2,1-3H3. The third kappa shape index (κ3) is 7.57. The number of hydrogen-bond donors (Lipinski definition) is 1. The number of ether oxygens (including phenoxy) is 3. The maximum Gasteiger partial charge on any atom is 0.509 e. The lowest BCUT2D eigenvalue weighted by atomic mass is 9.77. The van der Waals surface area contributed by atoms with Crippen molar-refractivity contribution in [2.75, 3.05) is 13.2 Å². The Morgan fingerprint density at radius 1 is 0.817 bits per heavy atom. The number of hydrogen-bond acceptors (Lipinski definition) is 10. The average molecular weight is 803 g/mol. The second-order valence-electron chi connectivity index (χ2n) is 15.0. The predicted molar refractivity (Wildman–Crippen MR) is 225 cm³/mol. The van der Waals surface area contributed by atoms with Gasteiger partial charge in [-0.3, -0.25) is 0 Å². The molecule has 1 saturated heterocycles. The Labute approximate surface area is 348 Å². The van der Waals surface area contributed by atoms with Crippen LogP contribution in [-0.4, -0.2) is 72.4 Å². The van der Waals surface area contributed by atoms with Crippen LogP contribution in [0.2, 0.25) is 0 Å². The van der Waals surface area contributed by atoms with E-state index in [2.05, 4.69) is 71.9 Å². The summed E-state index contributed by atoms with van der Waals surface area (Å²) in [7, 11) is 0. The van der Waals surface area contributed by atoms with E-state index in [1.54, 1.807) is 6.92 Å². The van der Waals surface area contributed by atoms with Crippen LogP contribution in [0.4, 0.5) is 4.79 Å². The smallest absolute Gasteiger partial charge is 0.457 e. The van der Waals surface area contributed by atoms with E-state index in [1.807, 2.05) is 95.9 Å². The van der Waals surface area contributed by atoms with E-state index in [0.717, 1.165) is 45.4 Å². The Kier molecular flexibility index (Phi) is 11.6. The molecule has 0 saturated carbocycles. The summed E-state index contributed by atoms with van der Waals surface area (Å²) in [6.45, 7) is 5.62. The molecule has 3 heterocycles. The van der Waals surface area contributed by atoms with Crippen molar-refractivity contribution in [3.63, 3.8) is 0 Å². The monoisotopic (exact) mass is 802 g/mol. The third-order valence-electron chi connectivity index (χ3n) is 11.1. The molecule has 1 aliphatic rings. The van der Waals surface area contributed by atoms with Gasteiger partial charge in [-0.2, -0.15) is 0 Å². The lowest BCUT2D eigenvalue weighted by Gasteiger charge is -2.36. The van der Waals surface area contributed by atoms with Crippen LogP contribution in [0.15, 0.2) is 140 Å². The average Bonchev–Trinajstić information content (AvgIpc) is 4.01. The fourth-order valence-electron chi connectivity index (χ4n) is 8.10. The molecule has 2 aromatic heterocycles. The summed E-state index contributed by atoms with van der Waals surface area (Å²) in [4.78, 5) is 29.9. The minimum atomic E-state index is -0.911. The minimum Gasteiger partial charge on any atom is -0.457 e. The number of benzene rings is 5. The van der Waals surface area contributed by atoms with Crippen LogP contribution in [0.5, 0.6) is 0 Å². The molecule has 1 aliphatic heterocycles. The molecule has 0 radical (unpaired) electrons. The number of aryl methyl sites for hydroxylation is 1. The maximum absolute atomic E-state index is 13.5. The van der Waals surface area contributed by atoms with Gasteiger partial charge in [0.05, 0.1) is 12.3 Å². The third-order valence-corrected chi connectivity index (χ3v) is 11.1. The van der Waals surface area contributed by atoms with Crippen molar-refractivity contribution >= 4 is 12.1 Å². The highest BCUT2D eigenvalue weighted by Gasteiger charge is 2.42. The van der Waals surface area contributed by atoms with Crippen LogP contribution in [-0.2, 0) is 32.7 Å². The molecule has 5 aromatic carbocycles. The maximum atomic E-state index is 13.5. The van der Waals surface area contributed by atoms with Crippen molar-refractivity contribution in [1.29, 1.82) is 0 Å². The number of aliphatic hydroxyl groups is 1. The van der Waals surface area contributed by atoms with Gasteiger partial charge in [-0.15, -0.1) is 5.10 Å². The molecule has 0 bridgehead atoms. The Morgan fingerprint density at radius 2 is 1.40 bits per heavy atom. The second-order valence-corrected chi connectivity index (χ2v) is 15.0. The van der Waals surface area contributed by atoms with Crippen molar-refractivity contribution in [3.8, 4) is 22.5 Å². The molecule has 7 aromatic rings. The normalized spacial score (nSPS) is 15.6.